The number of thiophene rings is 1. The Morgan fingerprint density at radius 3 is 2.29 bits per heavy atom. The first-order valence-corrected chi connectivity index (χ1v) is 11.7. The Morgan fingerprint density at radius 2 is 1.71 bits per heavy atom. The van der Waals surface area contributed by atoms with Gasteiger partial charge in [-0.3, -0.25) is 0 Å². The van der Waals surface area contributed by atoms with Crippen LogP contribution in [0.2, 0.25) is 0 Å². The zero-order valence-electron chi connectivity index (χ0n) is 17.7. The molecule has 3 aromatic rings. The fourth-order valence-electron chi connectivity index (χ4n) is 4.08. The van der Waals surface area contributed by atoms with Gasteiger partial charge in [0.05, 0.1) is 18.7 Å². The van der Waals surface area contributed by atoms with Crippen molar-refractivity contribution in [3.63, 3.8) is 0 Å². The maximum absolute atomic E-state index is 12.6. The normalized spacial score (nSPS) is 15.3. The molecule has 31 heavy (non-hydrogen) atoms. The van der Waals surface area contributed by atoms with Crippen molar-refractivity contribution in [2.75, 3.05) is 12.4 Å². The minimum Gasteiger partial charge on any atom is -0.465 e. The molecule has 0 aliphatic heterocycles. The zero-order valence-corrected chi connectivity index (χ0v) is 19.3. The number of fused-ring (bicyclic) bond motifs is 1. The summed E-state index contributed by atoms with van der Waals surface area (Å²) in [6.07, 6.45) is 2.97. The highest BCUT2D eigenvalue weighted by Gasteiger charge is 2.28. The van der Waals surface area contributed by atoms with E-state index < -0.39 is 0 Å². The topological polar surface area (TPSA) is 50.4 Å². The molecule has 1 aromatic heterocycles. The second kappa shape index (κ2) is 9.62. The standard InChI is InChI=1S/C25H26N2O2S2/c1-16-13-14-19-20(15-16)31-23(21(19)24(28)29-2)27-25(30)26-22(17-9-5-3-6-10-17)18-11-7-4-8-12-18/h3-12,16,22H,13-15H2,1-2H3,(H2,26,27,30). The van der Waals surface area contributed by atoms with E-state index in [1.807, 2.05) is 36.4 Å². The Bertz CT molecular complexity index is 1020. The molecular formula is C25H26N2O2S2. The van der Waals surface area contributed by atoms with Gasteiger partial charge in [-0.15, -0.1) is 11.3 Å². The van der Waals surface area contributed by atoms with Crippen molar-refractivity contribution in [3.8, 4) is 0 Å². The molecule has 4 nitrogen and oxygen atoms in total. The van der Waals surface area contributed by atoms with Gasteiger partial charge >= 0.3 is 5.97 Å². The van der Waals surface area contributed by atoms with Gasteiger partial charge in [0.1, 0.15) is 5.00 Å². The van der Waals surface area contributed by atoms with Crippen LogP contribution in [0.5, 0.6) is 0 Å². The average molecular weight is 451 g/mol. The number of hydrogen-bond acceptors (Lipinski definition) is 4. The Morgan fingerprint density at radius 1 is 1.10 bits per heavy atom. The van der Waals surface area contributed by atoms with Gasteiger partial charge in [-0.25, -0.2) is 4.79 Å². The molecule has 2 N–H and O–H groups in total. The summed E-state index contributed by atoms with van der Waals surface area (Å²) in [5.74, 6) is 0.315. The van der Waals surface area contributed by atoms with E-state index in [1.54, 1.807) is 11.3 Å². The summed E-state index contributed by atoms with van der Waals surface area (Å²) >= 11 is 7.31. The Balaban J connectivity index is 1.61. The predicted octanol–water partition coefficient (Wildman–Crippen LogP) is 5.74. The van der Waals surface area contributed by atoms with E-state index >= 15 is 0 Å². The van der Waals surface area contributed by atoms with Crippen LogP contribution in [0.1, 0.15) is 51.3 Å². The summed E-state index contributed by atoms with van der Waals surface area (Å²) in [6.45, 7) is 2.25. The highest BCUT2D eigenvalue weighted by atomic mass is 32.1. The van der Waals surface area contributed by atoms with E-state index in [2.05, 4.69) is 41.8 Å². The first-order chi connectivity index (χ1) is 15.1. The lowest BCUT2D eigenvalue weighted by Gasteiger charge is -2.22. The Hall–Kier alpha value is -2.70. The fraction of sp³-hybridized carbons (Fsp3) is 0.280. The summed E-state index contributed by atoms with van der Waals surface area (Å²) in [5.41, 5.74) is 3.98. The van der Waals surface area contributed by atoms with Crippen LogP contribution in [0.3, 0.4) is 0 Å². The van der Waals surface area contributed by atoms with Gasteiger partial charge in [-0.2, -0.15) is 0 Å². The molecule has 0 fully saturated rings. The number of hydrogen-bond donors (Lipinski definition) is 2. The fourth-order valence-corrected chi connectivity index (χ4v) is 5.77. The van der Waals surface area contributed by atoms with Crippen LogP contribution in [0.15, 0.2) is 60.7 Å². The van der Waals surface area contributed by atoms with Crippen molar-refractivity contribution in [1.29, 1.82) is 0 Å². The Labute approximate surface area is 192 Å². The Kier molecular flexibility index (Phi) is 6.68. The molecule has 1 unspecified atom stereocenters. The van der Waals surface area contributed by atoms with Crippen molar-refractivity contribution in [2.45, 2.75) is 32.2 Å². The third-order valence-corrected chi connectivity index (χ3v) is 7.06. The van der Waals surface area contributed by atoms with Crippen LogP contribution in [-0.2, 0) is 17.6 Å². The molecule has 4 rings (SSSR count). The number of nitrogens with one attached hydrogen (secondary N) is 2. The number of benzene rings is 2. The summed E-state index contributed by atoms with van der Waals surface area (Å²) in [4.78, 5) is 13.8. The van der Waals surface area contributed by atoms with Crippen LogP contribution >= 0.6 is 23.6 Å². The smallest absolute Gasteiger partial charge is 0.341 e. The van der Waals surface area contributed by atoms with Crippen LogP contribution in [0.4, 0.5) is 5.00 Å². The zero-order chi connectivity index (χ0) is 21.8. The first kappa shape index (κ1) is 21.5. The maximum Gasteiger partial charge on any atom is 0.341 e. The number of carbonyl (C=O) groups is 1. The second-order valence-electron chi connectivity index (χ2n) is 7.90. The minimum atomic E-state index is -0.306. The minimum absolute atomic E-state index is 0.0985. The summed E-state index contributed by atoms with van der Waals surface area (Å²) in [7, 11) is 1.43. The van der Waals surface area contributed by atoms with E-state index in [9.17, 15) is 4.79 Å². The van der Waals surface area contributed by atoms with E-state index in [1.165, 1.54) is 12.0 Å². The number of carbonyl (C=O) groups excluding carboxylic acids is 1. The monoisotopic (exact) mass is 450 g/mol. The van der Waals surface area contributed by atoms with Gasteiger partial charge in [-0.1, -0.05) is 67.6 Å². The molecule has 2 aromatic carbocycles. The van der Waals surface area contributed by atoms with Crippen LogP contribution < -0.4 is 10.6 Å². The SMILES string of the molecule is COC(=O)c1c(NC(=S)NC(c2ccccc2)c2ccccc2)sc2c1CCC(C)C2. The van der Waals surface area contributed by atoms with Crippen LogP contribution in [-0.4, -0.2) is 18.2 Å². The van der Waals surface area contributed by atoms with Crippen molar-refractivity contribution in [1.82, 2.24) is 5.32 Å². The molecule has 0 saturated heterocycles. The first-order valence-electron chi connectivity index (χ1n) is 10.5. The van der Waals surface area contributed by atoms with Gasteiger partial charge < -0.3 is 15.4 Å². The lowest BCUT2D eigenvalue weighted by atomic mass is 9.88. The van der Waals surface area contributed by atoms with Gasteiger partial charge in [0.15, 0.2) is 5.11 Å². The molecular weight excluding hydrogens is 424 g/mol. The number of ether oxygens (including phenoxy) is 1. The second-order valence-corrected chi connectivity index (χ2v) is 9.41. The number of methoxy groups -OCH3 is 1. The van der Waals surface area contributed by atoms with Gasteiger partial charge in [0.2, 0.25) is 0 Å². The molecule has 6 heteroatoms. The number of thiocarbonyl (C=S) groups is 1. The van der Waals surface area contributed by atoms with E-state index in [4.69, 9.17) is 17.0 Å². The molecule has 0 spiro atoms. The quantitative estimate of drug-likeness (QED) is 0.384. The van der Waals surface area contributed by atoms with Crippen LogP contribution in [0, 0.1) is 5.92 Å². The van der Waals surface area contributed by atoms with Gasteiger partial charge in [0, 0.05) is 4.88 Å². The summed E-state index contributed by atoms with van der Waals surface area (Å²) < 4.78 is 5.09. The molecule has 1 heterocycles. The molecule has 160 valence electrons. The molecule has 0 saturated carbocycles. The molecule has 1 aliphatic carbocycles. The molecule has 1 atom stereocenters. The highest BCUT2D eigenvalue weighted by Crippen LogP contribution is 2.40. The maximum atomic E-state index is 12.6. The molecule has 0 radical (unpaired) electrons. The summed E-state index contributed by atoms with van der Waals surface area (Å²) in [6, 6.07) is 20.3. The van der Waals surface area contributed by atoms with Crippen molar-refractivity contribution < 1.29 is 9.53 Å². The van der Waals surface area contributed by atoms with Gasteiger partial charge in [0.25, 0.3) is 0 Å². The van der Waals surface area contributed by atoms with E-state index in [0.29, 0.717) is 16.6 Å². The third-order valence-electron chi connectivity index (χ3n) is 5.67. The van der Waals surface area contributed by atoms with Crippen molar-refractivity contribution in [3.05, 3.63) is 87.8 Å². The van der Waals surface area contributed by atoms with Crippen molar-refractivity contribution in [2.24, 2.45) is 5.92 Å². The molecule has 0 amide bonds. The predicted molar refractivity (Wildman–Crippen MR) is 131 cm³/mol. The third kappa shape index (κ3) is 4.81. The lowest BCUT2D eigenvalue weighted by Crippen LogP contribution is -2.33. The average Bonchev–Trinajstić information content (AvgIpc) is 3.14. The lowest BCUT2D eigenvalue weighted by molar-refractivity contribution is 0.0601. The van der Waals surface area contributed by atoms with E-state index in [0.717, 1.165) is 41.0 Å². The number of esters is 1. The van der Waals surface area contributed by atoms with Crippen LogP contribution in [0.25, 0.3) is 0 Å². The number of rotatable bonds is 5. The summed E-state index contributed by atoms with van der Waals surface area (Å²) in [5, 5.41) is 8.00. The van der Waals surface area contributed by atoms with E-state index in [-0.39, 0.29) is 12.0 Å². The highest BCUT2D eigenvalue weighted by molar-refractivity contribution is 7.80. The van der Waals surface area contributed by atoms with Gasteiger partial charge in [-0.05, 0) is 54.1 Å². The largest absolute Gasteiger partial charge is 0.465 e. The number of anilines is 1. The molecule has 0 bridgehead atoms. The van der Waals surface area contributed by atoms with Crippen molar-refractivity contribution >= 4 is 39.6 Å². The molecule has 1 aliphatic rings.